The molecule has 2 aromatic rings. The summed E-state index contributed by atoms with van der Waals surface area (Å²) in [5, 5.41) is 0.113. The molecule has 0 saturated carbocycles. The van der Waals surface area contributed by atoms with Crippen molar-refractivity contribution in [2.24, 2.45) is 0 Å². The van der Waals surface area contributed by atoms with Gasteiger partial charge in [-0.15, -0.1) is 0 Å². The van der Waals surface area contributed by atoms with E-state index in [0.717, 1.165) is 6.07 Å². The van der Waals surface area contributed by atoms with E-state index in [1.54, 1.807) is 0 Å². The van der Waals surface area contributed by atoms with Crippen molar-refractivity contribution in [3.63, 3.8) is 0 Å². The van der Waals surface area contributed by atoms with E-state index in [1.165, 1.54) is 31.4 Å². The van der Waals surface area contributed by atoms with Crippen LogP contribution < -0.4 is 4.74 Å². The topological polar surface area (TPSA) is 39.4 Å². The van der Waals surface area contributed by atoms with Gasteiger partial charge >= 0.3 is 0 Å². The smallest absolute Gasteiger partial charge is 0.228 e. The average Bonchev–Trinajstić information content (AvgIpc) is 2.75. The lowest BCUT2D eigenvalue weighted by molar-refractivity contribution is 0.101. The van der Waals surface area contributed by atoms with Gasteiger partial charge in [0.2, 0.25) is 5.78 Å². The summed E-state index contributed by atoms with van der Waals surface area (Å²) in [5.74, 6) is -0.881. The third-order valence-corrected chi connectivity index (χ3v) is 2.41. The third-order valence-electron chi connectivity index (χ3n) is 2.21. The fourth-order valence-corrected chi connectivity index (χ4v) is 1.53. The molecule has 3 nitrogen and oxygen atoms in total. The van der Waals surface area contributed by atoms with E-state index >= 15 is 0 Å². The molecule has 0 aliphatic heterocycles. The Bertz CT molecular complexity index is 563. The minimum atomic E-state index is -0.601. The maximum absolute atomic E-state index is 13.4. The van der Waals surface area contributed by atoms with Gasteiger partial charge in [-0.1, -0.05) is 0 Å². The van der Waals surface area contributed by atoms with Crippen molar-refractivity contribution in [2.75, 3.05) is 7.11 Å². The van der Waals surface area contributed by atoms with Crippen LogP contribution in [-0.2, 0) is 0 Å². The Labute approximate surface area is 102 Å². The molecule has 5 heteroatoms. The molecule has 17 heavy (non-hydrogen) atoms. The summed E-state index contributed by atoms with van der Waals surface area (Å²) in [4.78, 5) is 11.9. The van der Waals surface area contributed by atoms with Crippen LogP contribution in [0.5, 0.6) is 5.75 Å². The van der Waals surface area contributed by atoms with E-state index in [9.17, 15) is 9.18 Å². The Hall–Kier alpha value is -1.81. The molecule has 0 bridgehead atoms. The standard InChI is InChI=1S/C12H8ClFO3/c1-16-9-3-2-7(6-8(9)14)12(15)10-4-5-11(13)17-10/h2-6H,1H3. The highest BCUT2D eigenvalue weighted by Gasteiger charge is 2.15. The van der Waals surface area contributed by atoms with Gasteiger partial charge in [-0.2, -0.15) is 0 Å². The first-order valence-corrected chi connectivity index (χ1v) is 5.13. The molecule has 1 aromatic heterocycles. The van der Waals surface area contributed by atoms with Crippen LogP contribution in [0.15, 0.2) is 34.7 Å². The highest BCUT2D eigenvalue weighted by molar-refractivity contribution is 6.29. The highest BCUT2D eigenvalue weighted by Crippen LogP contribution is 2.21. The van der Waals surface area contributed by atoms with Gasteiger partial charge in [-0.3, -0.25) is 4.79 Å². The largest absolute Gasteiger partial charge is 0.494 e. The summed E-state index contributed by atoms with van der Waals surface area (Å²) in [6.45, 7) is 0. The molecule has 0 spiro atoms. The van der Waals surface area contributed by atoms with Gasteiger partial charge in [0.05, 0.1) is 7.11 Å². The number of methoxy groups -OCH3 is 1. The fraction of sp³-hybridized carbons (Fsp3) is 0.0833. The van der Waals surface area contributed by atoms with Gasteiger partial charge in [0.1, 0.15) is 0 Å². The predicted octanol–water partition coefficient (Wildman–Crippen LogP) is 3.31. The molecule has 0 fully saturated rings. The normalized spacial score (nSPS) is 10.3. The van der Waals surface area contributed by atoms with Crippen molar-refractivity contribution in [1.29, 1.82) is 0 Å². The lowest BCUT2D eigenvalue weighted by atomic mass is 10.1. The predicted molar refractivity (Wildman–Crippen MR) is 60.1 cm³/mol. The van der Waals surface area contributed by atoms with E-state index in [2.05, 4.69) is 0 Å². The zero-order valence-corrected chi connectivity index (χ0v) is 9.62. The minimum Gasteiger partial charge on any atom is -0.494 e. The molecule has 0 radical (unpaired) electrons. The maximum Gasteiger partial charge on any atom is 0.228 e. The molecule has 0 amide bonds. The van der Waals surface area contributed by atoms with Gasteiger partial charge in [-0.05, 0) is 41.9 Å². The molecular formula is C12H8ClFO3. The number of halogens is 2. The van der Waals surface area contributed by atoms with Crippen LogP contribution in [0.3, 0.4) is 0 Å². The number of furan rings is 1. The molecule has 1 heterocycles. The van der Waals surface area contributed by atoms with Crippen LogP contribution in [-0.4, -0.2) is 12.9 Å². The number of hydrogen-bond acceptors (Lipinski definition) is 3. The summed E-state index contributed by atoms with van der Waals surface area (Å²) >= 11 is 5.56. The first-order chi connectivity index (χ1) is 8.11. The molecule has 0 aliphatic rings. The van der Waals surface area contributed by atoms with Crippen LogP contribution in [0.2, 0.25) is 5.22 Å². The summed E-state index contributed by atoms with van der Waals surface area (Å²) in [5.41, 5.74) is 0.175. The van der Waals surface area contributed by atoms with Crippen molar-refractivity contribution in [3.05, 3.63) is 52.7 Å². The quantitative estimate of drug-likeness (QED) is 0.789. The average molecular weight is 255 g/mol. The Kier molecular flexibility index (Phi) is 3.15. The van der Waals surface area contributed by atoms with Crippen molar-refractivity contribution in [2.45, 2.75) is 0 Å². The Morgan fingerprint density at radius 3 is 2.65 bits per heavy atom. The van der Waals surface area contributed by atoms with E-state index in [0.29, 0.717) is 0 Å². The Morgan fingerprint density at radius 1 is 1.35 bits per heavy atom. The summed E-state index contributed by atoms with van der Waals surface area (Å²) in [7, 11) is 1.35. The highest BCUT2D eigenvalue weighted by atomic mass is 35.5. The van der Waals surface area contributed by atoms with Crippen LogP contribution in [0.4, 0.5) is 4.39 Å². The van der Waals surface area contributed by atoms with Gasteiger partial charge in [0.15, 0.2) is 22.5 Å². The number of hydrogen-bond donors (Lipinski definition) is 0. The van der Waals surface area contributed by atoms with Crippen LogP contribution >= 0.6 is 11.6 Å². The summed E-state index contributed by atoms with van der Waals surface area (Å²) in [6.07, 6.45) is 0. The maximum atomic E-state index is 13.4. The molecule has 0 unspecified atom stereocenters. The van der Waals surface area contributed by atoms with Crippen molar-refractivity contribution in [3.8, 4) is 5.75 Å². The molecule has 0 saturated heterocycles. The number of ketones is 1. The SMILES string of the molecule is COc1ccc(C(=O)c2ccc(Cl)o2)cc1F. The Morgan fingerprint density at radius 2 is 2.12 bits per heavy atom. The molecule has 1 aromatic carbocycles. The van der Waals surface area contributed by atoms with E-state index in [1.807, 2.05) is 0 Å². The third kappa shape index (κ3) is 2.31. The molecule has 0 atom stereocenters. The van der Waals surface area contributed by atoms with E-state index in [-0.39, 0.29) is 22.3 Å². The van der Waals surface area contributed by atoms with Gasteiger partial charge < -0.3 is 9.15 Å². The molecular weight excluding hydrogens is 247 g/mol. The number of benzene rings is 1. The zero-order chi connectivity index (χ0) is 12.4. The van der Waals surface area contributed by atoms with Crippen LogP contribution in [0.25, 0.3) is 0 Å². The van der Waals surface area contributed by atoms with Crippen LogP contribution in [0.1, 0.15) is 16.1 Å². The fourth-order valence-electron chi connectivity index (χ4n) is 1.39. The molecule has 88 valence electrons. The lowest BCUT2D eigenvalue weighted by Crippen LogP contribution is -2.01. The number of rotatable bonds is 3. The first-order valence-electron chi connectivity index (χ1n) is 4.75. The second-order valence-electron chi connectivity index (χ2n) is 3.28. The van der Waals surface area contributed by atoms with Crippen molar-refractivity contribution >= 4 is 17.4 Å². The van der Waals surface area contributed by atoms with Gasteiger partial charge in [-0.25, -0.2) is 4.39 Å². The van der Waals surface area contributed by atoms with Crippen molar-refractivity contribution in [1.82, 2.24) is 0 Å². The zero-order valence-electron chi connectivity index (χ0n) is 8.87. The van der Waals surface area contributed by atoms with E-state index < -0.39 is 11.6 Å². The lowest BCUT2D eigenvalue weighted by Gasteiger charge is -2.03. The second kappa shape index (κ2) is 4.59. The summed E-state index contributed by atoms with van der Waals surface area (Å²) < 4.78 is 23.1. The second-order valence-corrected chi connectivity index (χ2v) is 3.65. The number of carbonyl (C=O) groups excluding carboxylic acids is 1. The van der Waals surface area contributed by atoms with Crippen LogP contribution in [0, 0.1) is 5.82 Å². The van der Waals surface area contributed by atoms with Crippen molar-refractivity contribution < 1.29 is 18.3 Å². The Balaban J connectivity index is 2.35. The van der Waals surface area contributed by atoms with E-state index in [4.69, 9.17) is 20.8 Å². The summed E-state index contributed by atoms with van der Waals surface area (Å²) in [6, 6.07) is 6.83. The molecule has 2 rings (SSSR count). The monoisotopic (exact) mass is 254 g/mol. The van der Waals surface area contributed by atoms with Gasteiger partial charge in [0.25, 0.3) is 0 Å². The first kappa shape index (κ1) is 11.7. The minimum absolute atomic E-state index is 0.0690. The number of ether oxygens (including phenoxy) is 1. The van der Waals surface area contributed by atoms with Gasteiger partial charge in [0, 0.05) is 5.56 Å². The number of carbonyl (C=O) groups is 1. The molecule has 0 aliphatic carbocycles. The molecule has 0 N–H and O–H groups in total.